The standard InChI is InChI=1S/C14H13ClN4O/c1-8-12-9(2)19(11-7-5-4-6-10(11)15)17-13(12)14(20)18(3)16-8/h4-7H,1-3H3. The third-order valence-corrected chi connectivity index (χ3v) is 3.67. The van der Waals surface area contributed by atoms with Crippen LogP contribution in [0, 0.1) is 13.8 Å². The van der Waals surface area contributed by atoms with Crippen molar-refractivity contribution in [2.75, 3.05) is 0 Å². The van der Waals surface area contributed by atoms with Crippen molar-refractivity contribution in [3.63, 3.8) is 0 Å². The van der Waals surface area contributed by atoms with Crippen LogP contribution in [0.1, 0.15) is 11.4 Å². The first kappa shape index (κ1) is 12.9. The van der Waals surface area contributed by atoms with Gasteiger partial charge in [0.2, 0.25) is 0 Å². The Hall–Kier alpha value is -2.14. The van der Waals surface area contributed by atoms with Crippen molar-refractivity contribution in [3.05, 3.63) is 51.0 Å². The number of benzene rings is 1. The Kier molecular flexibility index (Phi) is 2.87. The van der Waals surface area contributed by atoms with Crippen molar-refractivity contribution in [3.8, 4) is 5.69 Å². The highest BCUT2D eigenvalue weighted by Crippen LogP contribution is 2.25. The third-order valence-electron chi connectivity index (χ3n) is 3.36. The molecular weight excluding hydrogens is 276 g/mol. The maximum atomic E-state index is 12.2. The van der Waals surface area contributed by atoms with Gasteiger partial charge in [-0.15, -0.1) is 0 Å². The zero-order chi connectivity index (χ0) is 14.4. The fraction of sp³-hybridized carbons (Fsp3) is 0.214. The van der Waals surface area contributed by atoms with Crippen LogP contribution in [0.2, 0.25) is 5.02 Å². The van der Waals surface area contributed by atoms with Crippen molar-refractivity contribution < 1.29 is 0 Å². The van der Waals surface area contributed by atoms with Gasteiger partial charge in [0.15, 0.2) is 5.52 Å². The molecule has 0 bridgehead atoms. The summed E-state index contributed by atoms with van der Waals surface area (Å²) in [6.07, 6.45) is 0. The Morgan fingerprint density at radius 1 is 1.15 bits per heavy atom. The first-order chi connectivity index (χ1) is 9.50. The maximum Gasteiger partial charge on any atom is 0.294 e. The summed E-state index contributed by atoms with van der Waals surface area (Å²) in [5.74, 6) is 0. The Bertz CT molecular complexity index is 879. The van der Waals surface area contributed by atoms with Crippen LogP contribution in [0.3, 0.4) is 0 Å². The van der Waals surface area contributed by atoms with Crippen LogP contribution >= 0.6 is 11.6 Å². The van der Waals surface area contributed by atoms with Crippen LogP contribution in [0.5, 0.6) is 0 Å². The molecule has 0 aliphatic heterocycles. The van der Waals surface area contributed by atoms with E-state index in [1.807, 2.05) is 32.0 Å². The van der Waals surface area contributed by atoms with E-state index in [1.54, 1.807) is 17.8 Å². The van der Waals surface area contributed by atoms with Crippen molar-refractivity contribution >= 4 is 22.5 Å². The van der Waals surface area contributed by atoms with Crippen molar-refractivity contribution in [1.82, 2.24) is 19.6 Å². The number of fused-ring (bicyclic) bond motifs is 1. The number of hydrogen-bond acceptors (Lipinski definition) is 3. The van der Waals surface area contributed by atoms with Gasteiger partial charge in [-0.3, -0.25) is 4.79 Å². The highest BCUT2D eigenvalue weighted by atomic mass is 35.5. The Morgan fingerprint density at radius 2 is 1.85 bits per heavy atom. The number of nitrogens with zero attached hydrogens (tertiary/aromatic N) is 4. The van der Waals surface area contributed by atoms with Gasteiger partial charge in [-0.05, 0) is 26.0 Å². The van der Waals surface area contributed by atoms with Crippen LogP contribution < -0.4 is 5.56 Å². The first-order valence-electron chi connectivity index (χ1n) is 6.19. The number of hydrogen-bond donors (Lipinski definition) is 0. The van der Waals surface area contributed by atoms with Gasteiger partial charge in [-0.25, -0.2) is 9.36 Å². The predicted molar refractivity (Wildman–Crippen MR) is 78.6 cm³/mol. The summed E-state index contributed by atoms with van der Waals surface area (Å²) < 4.78 is 3.00. The lowest BCUT2D eigenvalue weighted by Gasteiger charge is -2.06. The predicted octanol–water partition coefficient (Wildman–Crippen LogP) is 2.39. The summed E-state index contributed by atoms with van der Waals surface area (Å²) in [5.41, 5.74) is 2.59. The number of rotatable bonds is 1. The van der Waals surface area contributed by atoms with E-state index in [2.05, 4.69) is 10.2 Å². The Labute approximate surface area is 120 Å². The highest BCUT2D eigenvalue weighted by Gasteiger charge is 2.17. The molecule has 0 atom stereocenters. The molecule has 0 N–H and O–H groups in total. The molecule has 102 valence electrons. The minimum Gasteiger partial charge on any atom is -0.265 e. The smallest absolute Gasteiger partial charge is 0.265 e. The molecule has 2 aromatic heterocycles. The van der Waals surface area contributed by atoms with Gasteiger partial charge >= 0.3 is 0 Å². The second kappa shape index (κ2) is 4.45. The molecular formula is C14H13ClN4O. The topological polar surface area (TPSA) is 52.7 Å². The quantitative estimate of drug-likeness (QED) is 0.691. The van der Waals surface area contributed by atoms with Crippen molar-refractivity contribution in [2.45, 2.75) is 13.8 Å². The second-order valence-corrected chi connectivity index (χ2v) is 5.09. The number of aryl methyl sites for hydroxylation is 3. The van der Waals surface area contributed by atoms with Crippen LogP contribution in [0.25, 0.3) is 16.6 Å². The second-order valence-electron chi connectivity index (χ2n) is 4.69. The molecule has 6 heteroatoms. The summed E-state index contributed by atoms with van der Waals surface area (Å²) in [6, 6.07) is 7.41. The summed E-state index contributed by atoms with van der Waals surface area (Å²) in [5, 5.41) is 10.0. The molecule has 0 aliphatic carbocycles. The normalized spacial score (nSPS) is 11.2. The van der Waals surface area contributed by atoms with Crippen LogP contribution in [0.4, 0.5) is 0 Å². The number of para-hydroxylation sites is 1. The van der Waals surface area contributed by atoms with Crippen LogP contribution in [-0.2, 0) is 7.05 Å². The molecule has 5 nitrogen and oxygen atoms in total. The van der Waals surface area contributed by atoms with Gasteiger partial charge in [0.1, 0.15) is 0 Å². The Morgan fingerprint density at radius 3 is 2.55 bits per heavy atom. The molecule has 0 radical (unpaired) electrons. The van der Waals surface area contributed by atoms with E-state index in [-0.39, 0.29) is 5.56 Å². The van der Waals surface area contributed by atoms with E-state index in [0.29, 0.717) is 10.5 Å². The highest BCUT2D eigenvalue weighted by molar-refractivity contribution is 6.32. The maximum absolute atomic E-state index is 12.2. The van der Waals surface area contributed by atoms with E-state index in [4.69, 9.17) is 11.6 Å². The fourth-order valence-corrected chi connectivity index (χ4v) is 2.63. The van der Waals surface area contributed by atoms with E-state index in [9.17, 15) is 4.79 Å². The Balaban J connectivity index is 2.44. The molecule has 0 spiro atoms. The molecule has 3 rings (SSSR count). The van der Waals surface area contributed by atoms with Crippen molar-refractivity contribution in [1.29, 1.82) is 0 Å². The lowest BCUT2D eigenvalue weighted by atomic mass is 10.2. The lowest BCUT2D eigenvalue weighted by molar-refractivity contribution is 0.702. The van der Waals surface area contributed by atoms with E-state index >= 15 is 0 Å². The summed E-state index contributed by atoms with van der Waals surface area (Å²) in [6.45, 7) is 3.78. The van der Waals surface area contributed by atoms with Gasteiger partial charge in [-0.1, -0.05) is 23.7 Å². The third kappa shape index (κ3) is 1.74. The van der Waals surface area contributed by atoms with Gasteiger partial charge < -0.3 is 0 Å². The van der Waals surface area contributed by atoms with Gasteiger partial charge in [0.25, 0.3) is 5.56 Å². The summed E-state index contributed by atoms with van der Waals surface area (Å²) in [7, 11) is 1.62. The molecule has 0 aliphatic rings. The average molecular weight is 289 g/mol. The summed E-state index contributed by atoms with van der Waals surface area (Å²) in [4.78, 5) is 12.2. The van der Waals surface area contributed by atoms with Gasteiger partial charge in [0.05, 0.1) is 27.5 Å². The fourth-order valence-electron chi connectivity index (χ4n) is 2.42. The van der Waals surface area contributed by atoms with E-state index < -0.39 is 0 Å². The van der Waals surface area contributed by atoms with E-state index in [1.165, 1.54) is 4.68 Å². The minimum absolute atomic E-state index is 0.209. The zero-order valence-electron chi connectivity index (χ0n) is 11.4. The van der Waals surface area contributed by atoms with Crippen LogP contribution in [0.15, 0.2) is 29.1 Å². The molecule has 0 saturated heterocycles. The number of halogens is 1. The largest absolute Gasteiger partial charge is 0.294 e. The molecule has 0 amide bonds. The van der Waals surface area contributed by atoms with Gasteiger partial charge in [0, 0.05) is 7.05 Å². The molecule has 3 aromatic rings. The summed E-state index contributed by atoms with van der Waals surface area (Å²) >= 11 is 6.21. The minimum atomic E-state index is -0.209. The zero-order valence-corrected chi connectivity index (χ0v) is 12.1. The molecule has 0 unspecified atom stereocenters. The molecule has 2 heterocycles. The lowest BCUT2D eigenvalue weighted by Crippen LogP contribution is -2.20. The van der Waals surface area contributed by atoms with Crippen LogP contribution in [-0.4, -0.2) is 19.6 Å². The monoisotopic (exact) mass is 288 g/mol. The number of aromatic nitrogens is 4. The molecule has 1 aromatic carbocycles. The van der Waals surface area contributed by atoms with E-state index in [0.717, 1.165) is 22.5 Å². The molecule has 0 fully saturated rings. The average Bonchev–Trinajstić information content (AvgIpc) is 2.75. The molecule has 0 saturated carbocycles. The van der Waals surface area contributed by atoms with Crippen molar-refractivity contribution in [2.24, 2.45) is 7.05 Å². The van der Waals surface area contributed by atoms with Gasteiger partial charge in [-0.2, -0.15) is 10.2 Å². The first-order valence-corrected chi connectivity index (χ1v) is 6.56. The SMILES string of the molecule is Cc1nn(C)c(=O)c2nn(-c3ccccc3Cl)c(C)c12. The molecule has 20 heavy (non-hydrogen) atoms.